The van der Waals surface area contributed by atoms with Crippen LogP contribution in [0.25, 0.3) is 0 Å². The van der Waals surface area contributed by atoms with E-state index in [0.29, 0.717) is 53.8 Å². The smallest absolute Gasteiger partial charge is 0.308 e. The van der Waals surface area contributed by atoms with Gasteiger partial charge in [-0.3, -0.25) is 9.59 Å². The Bertz CT molecular complexity index is 1380. The zero-order chi connectivity index (χ0) is 28.6. The molecule has 40 heavy (non-hydrogen) atoms. The summed E-state index contributed by atoms with van der Waals surface area (Å²) in [6.45, 7) is 6.94. The third-order valence-electron chi connectivity index (χ3n) is 9.56. The van der Waals surface area contributed by atoms with E-state index in [4.69, 9.17) is 32.7 Å². The van der Waals surface area contributed by atoms with Crippen molar-refractivity contribution < 1.29 is 24.2 Å². The van der Waals surface area contributed by atoms with E-state index in [0.717, 1.165) is 23.2 Å². The first-order valence-corrected chi connectivity index (χ1v) is 14.9. The summed E-state index contributed by atoms with van der Waals surface area (Å²) in [7, 11) is 2.08. The van der Waals surface area contributed by atoms with E-state index in [1.807, 2.05) is 17.0 Å². The summed E-state index contributed by atoms with van der Waals surface area (Å²) in [5.74, 6) is 0.718. The van der Waals surface area contributed by atoms with Gasteiger partial charge >= 0.3 is 5.97 Å². The van der Waals surface area contributed by atoms with Crippen molar-refractivity contribution in [2.24, 2.45) is 5.92 Å². The summed E-state index contributed by atoms with van der Waals surface area (Å²) < 4.78 is 12.4. The van der Waals surface area contributed by atoms with Gasteiger partial charge in [-0.25, -0.2) is 0 Å². The molecule has 0 radical (unpaired) electrons. The van der Waals surface area contributed by atoms with E-state index in [1.165, 1.54) is 6.92 Å². The first-order valence-electron chi connectivity index (χ1n) is 14.1. The van der Waals surface area contributed by atoms with Crippen LogP contribution in [0.3, 0.4) is 0 Å². The summed E-state index contributed by atoms with van der Waals surface area (Å²) in [5.41, 5.74) is 1.16. The minimum atomic E-state index is -1.02. The van der Waals surface area contributed by atoms with Crippen LogP contribution in [-0.2, 0) is 27.8 Å². The molecule has 2 bridgehead atoms. The van der Waals surface area contributed by atoms with Gasteiger partial charge < -0.3 is 24.4 Å². The van der Waals surface area contributed by atoms with Crippen molar-refractivity contribution in [3.63, 3.8) is 0 Å². The Morgan fingerprint density at radius 1 is 1.20 bits per heavy atom. The Kier molecular flexibility index (Phi) is 6.89. The highest BCUT2D eigenvalue weighted by Gasteiger charge is 2.73. The van der Waals surface area contributed by atoms with Gasteiger partial charge in [-0.2, -0.15) is 0 Å². The molecule has 2 aromatic rings. The Balaban J connectivity index is 1.44. The van der Waals surface area contributed by atoms with Crippen molar-refractivity contribution in [3.05, 3.63) is 57.1 Å². The van der Waals surface area contributed by atoms with Crippen LogP contribution in [0.5, 0.6) is 11.5 Å². The second-order valence-corrected chi connectivity index (χ2v) is 13.2. The number of carbonyl (C=O) groups excluding carboxylic acids is 2. The molecule has 2 aliphatic carbocycles. The maximum atomic E-state index is 14.0. The Hall–Kier alpha value is -2.32. The van der Waals surface area contributed by atoms with Crippen LogP contribution in [0.2, 0.25) is 10.0 Å². The van der Waals surface area contributed by atoms with Crippen LogP contribution >= 0.6 is 23.2 Å². The number of rotatable bonds is 6. The largest absolute Gasteiger partial charge is 0.483 e. The molecule has 1 spiro atoms. The lowest BCUT2D eigenvalue weighted by molar-refractivity contribution is -0.198. The molecular formula is C31H36Cl2N2O5. The lowest BCUT2D eigenvalue weighted by Crippen LogP contribution is -2.78. The van der Waals surface area contributed by atoms with Crippen molar-refractivity contribution >= 4 is 35.1 Å². The molecule has 2 aromatic carbocycles. The lowest BCUT2D eigenvalue weighted by Gasteiger charge is -2.64. The van der Waals surface area contributed by atoms with Gasteiger partial charge in [0.2, 0.25) is 5.91 Å². The molecule has 1 saturated carbocycles. The number of amides is 1. The number of likely N-dealkylation sites (N-methyl/N-ethyl adjacent to an activating group) is 1. The second kappa shape index (κ2) is 9.90. The average Bonchev–Trinajstić information content (AvgIpc) is 3.24. The van der Waals surface area contributed by atoms with Crippen molar-refractivity contribution in [1.82, 2.24) is 9.80 Å². The fourth-order valence-corrected chi connectivity index (χ4v) is 8.33. The van der Waals surface area contributed by atoms with Gasteiger partial charge in [-0.15, -0.1) is 0 Å². The highest BCUT2D eigenvalue weighted by atomic mass is 35.5. The predicted molar refractivity (Wildman–Crippen MR) is 153 cm³/mol. The summed E-state index contributed by atoms with van der Waals surface area (Å²) in [6.07, 6.45) is 2.27. The maximum Gasteiger partial charge on any atom is 0.308 e. The van der Waals surface area contributed by atoms with Gasteiger partial charge in [0.15, 0.2) is 11.5 Å². The zero-order valence-corrected chi connectivity index (χ0v) is 24.9. The van der Waals surface area contributed by atoms with E-state index in [1.54, 1.807) is 18.2 Å². The Morgan fingerprint density at radius 3 is 2.67 bits per heavy atom. The van der Waals surface area contributed by atoms with Crippen molar-refractivity contribution in [3.8, 4) is 11.5 Å². The molecular weight excluding hydrogens is 551 g/mol. The number of ether oxygens (including phenoxy) is 2. The van der Waals surface area contributed by atoms with Crippen molar-refractivity contribution in [2.75, 3.05) is 20.1 Å². The number of esters is 1. The highest BCUT2D eigenvalue weighted by molar-refractivity contribution is 6.42. The number of aliphatic hydroxyl groups is 1. The normalized spacial score (nSPS) is 30.1. The summed E-state index contributed by atoms with van der Waals surface area (Å²) >= 11 is 12.4. The molecule has 1 N–H and O–H groups in total. The number of piperidine rings is 1. The van der Waals surface area contributed by atoms with E-state index < -0.39 is 23.1 Å². The number of nitrogens with zero attached hydrogens (tertiary/aromatic N) is 2. The minimum Gasteiger partial charge on any atom is -0.483 e. The van der Waals surface area contributed by atoms with Crippen LogP contribution in [0.4, 0.5) is 0 Å². The van der Waals surface area contributed by atoms with E-state index in [-0.39, 0.29) is 30.3 Å². The fraction of sp³-hybridized carbons (Fsp3) is 0.548. The van der Waals surface area contributed by atoms with Gasteiger partial charge in [-0.1, -0.05) is 49.2 Å². The van der Waals surface area contributed by atoms with Crippen LogP contribution in [0, 0.1) is 5.92 Å². The summed E-state index contributed by atoms with van der Waals surface area (Å²) in [5, 5.41) is 13.5. The Morgan fingerprint density at radius 2 is 1.98 bits per heavy atom. The third kappa shape index (κ3) is 4.07. The van der Waals surface area contributed by atoms with Gasteiger partial charge in [-0.05, 0) is 74.5 Å². The van der Waals surface area contributed by atoms with Crippen LogP contribution < -0.4 is 9.47 Å². The van der Waals surface area contributed by atoms with Gasteiger partial charge in [0.25, 0.3) is 0 Å². The molecule has 4 aliphatic rings. The summed E-state index contributed by atoms with van der Waals surface area (Å²) in [6, 6.07) is 8.80. The number of benzene rings is 2. The first kappa shape index (κ1) is 27.8. The number of halogens is 2. The lowest BCUT2D eigenvalue weighted by atomic mass is 9.48. The highest BCUT2D eigenvalue weighted by Crippen LogP contribution is 2.65. The zero-order valence-electron chi connectivity index (χ0n) is 23.4. The number of hydrogen-bond acceptors (Lipinski definition) is 6. The molecule has 6 rings (SSSR count). The van der Waals surface area contributed by atoms with E-state index in [9.17, 15) is 14.7 Å². The minimum absolute atomic E-state index is 0.0146. The summed E-state index contributed by atoms with van der Waals surface area (Å²) in [4.78, 5) is 30.3. The van der Waals surface area contributed by atoms with Crippen LogP contribution in [-0.4, -0.2) is 70.7 Å². The number of carbonyl (C=O) groups is 2. The first-order chi connectivity index (χ1) is 19.0. The van der Waals surface area contributed by atoms with Crippen LogP contribution in [0.15, 0.2) is 30.3 Å². The van der Waals surface area contributed by atoms with E-state index in [2.05, 4.69) is 25.8 Å². The topological polar surface area (TPSA) is 79.3 Å². The quantitative estimate of drug-likeness (QED) is 0.387. The second-order valence-electron chi connectivity index (χ2n) is 12.4. The predicted octanol–water partition coefficient (Wildman–Crippen LogP) is 4.80. The fourth-order valence-electron chi connectivity index (χ4n) is 8.01. The molecule has 214 valence electrons. The SMILES string of the molecule is CC(=O)Oc1ccc2c3c1O[C@H]1[C@H](N(CC(C)C)C(=O)Cc4ccc(Cl)c(Cl)c4)CC[C@@]4(O)[C@@H](C2)N(C)CC[C@]314. The molecule has 1 saturated heterocycles. The number of hydrogen-bond donors (Lipinski definition) is 1. The number of likely N-dealkylation sites (tertiary alicyclic amines) is 1. The van der Waals surface area contributed by atoms with Crippen molar-refractivity contribution in [1.29, 1.82) is 0 Å². The molecule has 5 atom stereocenters. The molecule has 2 fully saturated rings. The van der Waals surface area contributed by atoms with Gasteiger partial charge in [0.05, 0.1) is 33.5 Å². The molecule has 7 nitrogen and oxygen atoms in total. The molecule has 0 aromatic heterocycles. The third-order valence-corrected chi connectivity index (χ3v) is 10.3. The Labute approximate surface area is 245 Å². The molecule has 1 amide bonds. The van der Waals surface area contributed by atoms with E-state index >= 15 is 0 Å². The van der Waals surface area contributed by atoms with Crippen molar-refractivity contribution in [2.45, 2.75) is 82.1 Å². The molecule has 9 heteroatoms. The standard InChI is InChI=1S/C31H36Cl2N2O5/c1-17(2)16-35(26(37)14-19-5-7-21(32)22(33)13-19)23-9-10-31(38)25-15-20-6-8-24(39-18(3)36)28-27(20)30(31,29(23)40-28)11-12-34(25)4/h5-8,13,17,23,25,29,38H,9-12,14-16H2,1-4H3/t23-,25-,29+,30+,31-/m1/s1. The average molecular weight is 588 g/mol. The maximum absolute atomic E-state index is 14.0. The van der Waals surface area contributed by atoms with Crippen LogP contribution in [0.1, 0.15) is 56.7 Å². The molecule has 0 unspecified atom stereocenters. The van der Waals surface area contributed by atoms with Gasteiger partial charge in [0.1, 0.15) is 6.10 Å². The van der Waals surface area contributed by atoms with Gasteiger partial charge in [0, 0.05) is 25.1 Å². The monoisotopic (exact) mass is 586 g/mol. The molecule has 2 heterocycles. The molecule has 2 aliphatic heterocycles.